The number of carbonyl (C=O) groups excluding carboxylic acids is 1. The average molecular weight is 385 g/mol. The van der Waals surface area contributed by atoms with Crippen molar-refractivity contribution in [3.05, 3.63) is 71.5 Å². The van der Waals surface area contributed by atoms with Gasteiger partial charge in [-0.3, -0.25) is 4.79 Å². The van der Waals surface area contributed by atoms with Crippen LogP contribution in [0, 0.1) is 0 Å². The predicted molar refractivity (Wildman–Crippen MR) is 106 cm³/mol. The highest BCUT2D eigenvalue weighted by Crippen LogP contribution is 2.44. The molecule has 0 saturated carbocycles. The Balaban J connectivity index is 1.34. The molecule has 1 aromatic heterocycles. The zero-order valence-corrected chi connectivity index (χ0v) is 15.7. The van der Waals surface area contributed by atoms with Crippen molar-refractivity contribution in [2.75, 3.05) is 6.79 Å². The lowest BCUT2D eigenvalue weighted by Gasteiger charge is -2.35. The van der Waals surface area contributed by atoms with Gasteiger partial charge >= 0.3 is 0 Å². The van der Waals surface area contributed by atoms with Crippen LogP contribution in [-0.4, -0.2) is 33.6 Å². The van der Waals surface area contributed by atoms with Crippen LogP contribution < -0.4 is 9.47 Å². The summed E-state index contributed by atoms with van der Waals surface area (Å²) >= 11 is 0. The Morgan fingerprint density at radius 1 is 1.03 bits per heavy atom. The molecule has 0 radical (unpaired) electrons. The molecule has 1 amide bonds. The highest BCUT2D eigenvalue weighted by molar-refractivity contribution is 5.96. The van der Waals surface area contributed by atoms with Gasteiger partial charge in [0.1, 0.15) is 0 Å². The smallest absolute Gasteiger partial charge is 0.254 e. The Bertz CT molecular complexity index is 1120. The maximum Gasteiger partial charge on any atom is 0.254 e. The zero-order chi connectivity index (χ0) is 19.4. The third-order valence-electron chi connectivity index (χ3n) is 6.08. The molecule has 3 aliphatic rings. The van der Waals surface area contributed by atoms with E-state index in [2.05, 4.69) is 4.98 Å². The first-order valence-corrected chi connectivity index (χ1v) is 9.91. The predicted octanol–water partition coefficient (Wildman–Crippen LogP) is 3.77. The standard InChI is InChI=1S/C23H19N3O3/c27-23(15-6-9-20-21(10-15)29-13-28-20)26-16-7-8-19(26)17-12-24-22(25-18(17)11-16)14-4-2-1-3-5-14/h1-6,9-10,12,16,19H,7-8,11,13H2. The molecule has 2 aromatic carbocycles. The first-order chi connectivity index (χ1) is 14.3. The van der Waals surface area contributed by atoms with Gasteiger partial charge < -0.3 is 14.4 Å². The minimum absolute atomic E-state index is 0.0338. The van der Waals surface area contributed by atoms with E-state index in [9.17, 15) is 4.79 Å². The fourth-order valence-electron chi connectivity index (χ4n) is 4.69. The van der Waals surface area contributed by atoms with Gasteiger partial charge in [0.25, 0.3) is 5.91 Å². The molecule has 1 saturated heterocycles. The van der Waals surface area contributed by atoms with E-state index in [-0.39, 0.29) is 24.8 Å². The van der Waals surface area contributed by atoms with Gasteiger partial charge in [0.15, 0.2) is 17.3 Å². The first kappa shape index (κ1) is 16.5. The summed E-state index contributed by atoms with van der Waals surface area (Å²) < 4.78 is 10.8. The average Bonchev–Trinajstić information content (AvgIpc) is 3.36. The zero-order valence-electron chi connectivity index (χ0n) is 15.7. The van der Waals surface area contributed by atoms with Crippen LogP contribution >= 0.6 is 0 Å². The molecule has 0 N–H and O–H groups in total. The topological polar surface area (TPSA) is 64.6 Å². The highest BCUT2D eigenvalue weighted by Gasteiger charge is 2.43. The van der Waals surface area contributed by atoms with Crippen molar-refractivity contribution >= 4 is 5.91 Å². The minimum atomic E-state index is 0.0338. The molecule has 3 aliphatic heterocycles. The van der Waals surface area contributed by atoms with E-state index in [1.165, 1.54) is 0 Å². The summed E-state index contributed by atoms with van der Waals surface area (Å²) in [7, 11) is 0. The van der Waals surface area contributed by atoms with Crippen LogP contribution in [0.5, 0.6) is 11.5 Å². The van der Waals surface area contributed by atoms with E-state index in [0.29, 0.717) is 17.1 Å². The molecule has 0 spiro atoms. The second-order valence-electron chi connectivity index (χ2n) is 7.69. The number of hydrogen-bond donors (Lipinski definition) is 0. The van der Waals surface area contributed by atoms with Crippen molar-refractivity contribution in [3.63, 3.8) is 0 Å². The number of aromatic nitrogens is 2. The maximum atomic E-state index is 13.3. The molecule has 4 heterocycles. The SMILES string of the molecule is O=C(c1ccc2c(c1)OCO2)N1C2CCC1c1cnc(-c3ccccc3)nc1C2. The molecule has 2 unspecified atom stereocenters. The molecule has 6 heteroatoms. The van der Waals surface area contributed by atoms with Crippen molar-refractivity contribution in [2.45, 2.75) is 31.3 Å². The lowest BCUT2D eigenvalue weighted by Crippen LogP contribution is -2.42. The molecular weight excluding hydrogens is 366 g/mol. The maximum absolute atomic E-state index is 13.3. The summed E-state index contributed by atoms with van der Waals surface area (Å²) in [5.74, 6) is 2.11. The fourth-order valence-corrected chi connectivity index (χ4v) is 4.69. The Hall–Kier alpha value is -3.41. The largest absolute Gasteiger partial charge is 0.454 e. The molecular formula is C23H19N3O3. The van der Waals surface area contributed by atoms with E-state index in [0.717, 1.165) is 41.9 Å². The quantitative estimate of drug-likeness (QED) is 0.672. The molecule has 29 heavy (non-hydrogen) atoms. The number of nitrogens with zero attached hydrogens (tertiary/aromatic N) is 3. The summed E-state index contributed by atoms with van der Waals surface area (Å²) in [6, 6.07) is 15.6. The van der Waals surface area contributed by atoms with Crippen molar-refractivity contribution in [3.8, 4) is 22.9 Å². The van der Waals surface area contributed by atoms with Crippen LogP contribution in [0.4, 0.5) is 0 Å². The Kier molecular flexibility index (Phi) is 3.59. The third-order valence-corrected chi connectivity index (χ3v) is 6.08. The van der Waals surface area contributed by atoms with Crippen LogP contribution in [-0.2, 0) is 6.42 Å². The van der Waals surface area contributed by atoms with E-state index in [1.807, 2.05) is 53.6 Å². The molecule has 3 aromatic rings. The second-order valence-corrected chi connectivity index (χ2v) is 7.69. The van der Waals surface area contributed by atoms with Gasteiger partial charge in [-0.15, -0.1) is 0 Å². The fraction of sp³-hybridized carbons (Fsp3) is 0.261. The highest BCUT2D eigenvalue weighted by atomic mass is 16.7. The number of amides is 1. The van der Waals surface area contributed by atoms with Crippen LogP contribution in [0.15, 0.2) is 54.7 Å². The number of fused-ring (bicyclic) bond motifs is 5. The molecule has 2 atom stereocenters. The van der Waals surface area contributed by atoms with Crippen molar-refractivity contribution in [1.29, 1.82) is 0 Å². The third kappa shape index (κ3) is 2.59. The number of benzene rings is 2. The van der Waals surface area contributed by atoms with E-state index in [4.69, 9.17) is 14.5 Å². The summed E-state index contributed by atoms with van der Waals surface area (Å²) in [6.07, 6.45) is 4.61. The lowest BCUT2D eigenvalue weighted by atomic mass is 9.97. The van der Waals surface area contributed by atoms with E-state index >= 15 is 0 Å². The molecule has 1 fully saturated rings. The van der Waals surface area contributed by atoms with Crippen molar-refractivity contribution < 1.29 is 14.3 Å². The normalized spacial score (nSPS) is 21.2. The van der Waals surface area contributed by atoms with Gasteiger partial charge in [-0.1, -0.05) is 30.3 Å². The van der Waals surface area contributed by atoms with E-state index in [1.54, 1.807) is 6.07 Å². The summed E-state index contributed by atoms with van der Waals surface area (Å²) in [6.45, 7) is 0.205. The Morgan fingerprint density at radius 2 is 1.90 bits per heavy atom. The number of hydrogen-bond acceptors (Lipinski definition) is 5. The van der Waals surface area contributed by atoms with Crippen LogP contribution in [0.3, 0.4) is 0 Å². The minimum Gasteiger partial charge on any atom is -0.454 e. The Morgan fingerprint density at radius 3 is 2.79 bits per heavy atom. The molecule has 6 nitrogen and oxygen atoms in total. The molecule has 6 rings (SSSR count). The monoisotopic (exact) mass is 385 g/mol. The molecule has 2 bridgehead atoms. The van der Waals surface area contributed by atoms with Gasteiger partial charge in [-0.25, -0.2) is 9.97 Å². The summed E-state index contributed by atoms with van der Waals surface area (Å²) in [5.41, 5.74) is 3.80. The lowest BCUT2D eigenvalue weighted by molar-refractivity contribution is 0.0643. The van der Waals surface area contributed by atoms with Gasteiger partial charge in [0, 0.05) is 35.3 Å². The first-order valence-electron chi connectivity index (χ1n) is 9.91. The number of carbonyl (C=O) groups is 1. The summed E-state index contributed by atoms with van der Waals surface area (Å²) in [4.78, 5) is 24.8. The van der Waals surface area contributed by atoms with Gasteiger partial charge in [0.2, 0.25) is 6.79 Å². The van der Waals surface area contributed by atoms with E-state index < -0.39 is 0 Å². The van der Waals surface area contributed by atoms with Crippen LogP contribution in [0.1, 0.15) is 40.5 Å². The van der Waals surface area contributed by atoms with Crippen LogP contribution in [0.2, 0.25) is 0 Å². The summed E-state index contributed by atoms with van der Waals surface area (Å²) in [5, 5.41) is 0. The van der Waals surface area contributed by atoms with Crippen molar-refractivity contribution in [2.24, 2.45) is 0 Å². The number of rotatable bonds is 2. The second kappa shape index (κ2) is 6.30. The van der Waals surface area contributed by atoms with Gasteiger partial charge in [-0.05, 0) is 31.0 Å². The Labute approximate surface area is 168 Å². The number of ether oxygens (including phenoxy) is 2. The van der Waals surface area contributed by atoms with Gasteiger partial charge in [-0.2, -0.15) is 0 Å². The molecule has 0 aliphatic carbocycles. The van der Waals surface area contributed by atoms with Crippen molar-refractivity contribution in [1.82, 2.24) is 14.9 Å². The molecule has 144 valence electrons. The van der Waals surface area contributed by atoms with Crippen LogP contribution in [0.25, 0.3) is 11.4 Å². The van der Waals surface area contributed by atoms with Gasteiger partial charge in [0.05, 0.1) is 11.7 Å².